The third kappa shape index (κ3) is 6.88. The summed E-state index contributed by atoms with van der Waals surface area (Å²) in [6.07, 6.45) is -0.727. The fourth-order valence-electron chi connectivity index (χ4n) is 2.33. The number of ether oxygens (including phenoxy) is 1. The molecule has 0 aliphatic heterocycles. The second kappa shape index (κ2) is 9.39. The van der Waals surface area contributed by atoms with Crippen LogP contribution in [0.5, 0.6) is 0 Å². The summed E-state index contributed by atoms with van der Waals surface area (Å²) in [6.45, 7) is 8.70. The van der Waals surface area contributed by atoms with Crippen molar-refractivity contribution in [3.05, 3.63) is 53.8 Å². The number of halogens is 1. The minimum Gasteiger partial charge on any atom is -0.444 e. The van der Waals surface area contributed by atoms with E-state index in [1.807, 2.05) is 0 Å². The van der Waals surface area contributed by atoms with Crippen molar-refractivity contribution in [3.63, 3.8) is 0 Å². The first kappa shape index (κ1) is 22.9. The van der Waals surface area contributed by atoms with Crippen LogP contribution in [0.4, 0.5) is 26.2 Å². The Morgan fingerprint density at radius 3 is 2.10 bits per heavy atom. The number of nitrogens with one attached hydrogen (secondary N) is 3. The maximum Gasteiger partial charge on any atom is 0.412 e. The Kier molecular flexibility index (Phi) is 7.15. The Labute approximate surface area is 175 Å². The fourth-order valence-corrected chi connectivity index (χ4v) is 2.33. The van der Waals surface area contributed by atoms with E-state index in [0.29, 0.717) is 11.3 Å². The van der Waals surface area contributed by atoms with Crippen LogP contribution in [0, 0.1) is 11.7 Å². The van der Waals surface area contributed by atoms with Crippen molar-refractivity contribution in [3.8, 4) is 0 Å². The summed E-state index contributed by atoms with van der Waals surface area (Å²) in [5, 5.41) is 7.81. The zero-order valence-electron chi connectivity index (χ0n) is 17.6. The number of carbonyl (C=O) groups excluding carboxylic acids is 3. The van der Waals surface area contributed by atoms with Crippen LogP contribution in [0.1, 0.15) is 45.0 Å². The molecule has 160 valence electrons. The van der Waals surface area contributed by atoms with E-state index in [4.69, 9.17) is 4.74 Å². The lowest BCUT2D eigenvalue weighted by atomic mass is 10.1. The van der Waals surface area contributed by atoms with Gasteiger partial charge in [0.15, 0.2) is 0 Å². The molecule has 0 radical (unpaired) electrons. The highest BCUT2D eigenvalue weighted by Gasteiger charge is 2.18. The van der Waals surface area contributed by atoms with Gasteiger partial charge < -0.3 is 15.4 Å². The molecule has 3 N–H and O–H groups in total. The highest BCUT2D eigenvalue weighted by molar-refractivity contribution is 6.07. The first-order valence-corrected chi connectivity index (χ1v) is 9.46. The molecule has 0 bridgehead atoms. The van der Waals surface area contributed by atoms with E-state index in [2.05, 4.69) is 16.0 Å². The number of amides is 3. The van der Waals surface area contributed by atoms with Crippen molar-refractivity contribution in [1.82, 2.24) is 0 Å². The van der Waals surface area contributed by atoms with E-state index in [1.165, 1.54) is 18.2 Å². The molecule has 0 spiro atoms. The van der Waals surface area contributed by atoms with Crippen LogP contribution in [0.25, 0.3) is 0 Å². The summed E-state index contributed by atoms with van der Waals surface area (Å²) < 4.78 is 18.9. The van der Waals surface area contributed by atoms with E-state index >= 15 is 0 Å². The van der Waals surface area contributed by atoms with E-state index in [9.17, 15) is 18.8 Å². The van der Waals surface area contributed by atoms with Crippen LogP contribution in [0.2, 0.25) is 0 Å². The normalized spacial score (nSPS) is 11.0. The fraction of sp³-hybridized carbons (Fsp3) is 0.318. The van der Waals surface area contributed by atoms with Crippen LogP contribution in [-0.2, 0) is 9.53 Å². The molecule has 0 heterocycles. The lowest BCUT2D eigenvalue weighted by Gasteiger charge is -2.20. The maximum atomic E-state index is 13.7. The van der Waals surface area contributed by atoms with Crippen molar-refractivity contribution < 1.29 is 23.5 Å². The van der Waals surface area contributed by atoms with Crippen LogP contribution in [0.3, 0.4) is 0 Å². The van der Waals surface area contributed by atoms with Gasteiger partial charge in [0.1, 0.15) is 11.4 Å². The number of rotatable bonds is 5. The SMILES string of the molecule is CC(C)C(=O)Nc1ccc(C(=O)Nc2cc(F)ccc2NC(=O)OC(C)(C)C)cc1. The number of benzene rings is 2. The summed E-state index contributed by atoms with van der Waals surface area (Å²) in [5.41, 5.74) is 0.427. The van der Waals surface area contributed by atoms with Gasteiger partial charge in [0.2, 0.25) is 5.91 Å². The van der Waals surface area contributed by atoms with Gasteiger partial charge in [-0.2, -0.15) is 0 Å². The highest BCUT2D eigenvalue weighted by Crippen LogP contribution is 2.25. The quantitative estimate of drug-likeness (QED) is 0.639. The van der Waals surface area contributed by atoms with Gasteiger partial charge in [-0.3, -0.25) is 14.9 Å². The molecular weight excluding hydrogens is 389 g/mol. The predicted molar refractivity (Wildman–Crippen MR) is 114 cm³/mol. The standard InChI is InChI=1S/C22H26FN3O4/c1-13(2)19(27)24-16-9-6-14(7-10-16)20(28)25-18-12-15(23)8-11-17(18)26-21(29)30-22(3,4)5/h6-13H,1-5H3,(H,24,27)(H,25,28)(H,26,29). The number of carbonyl (C=O) groups is 3. The van der Waals surface area contributed by atoms with E-state index in [-0.39, 0.29) is 23.2 Å². The molecule has 3 amide bonds. The minimum absolute atomic E-state index is 0.0862. The Hall–Kier alpha value is -3.42. The molecular formula is C22H26FN3O4. The van der Waals surface area contributed by atoms with Crippen LogP contribution in [0.15, 0.2) is 42.5 Å². The van der Waals surface area contributed by atoms with Gasteiger partial charge in [0, 0.05) is 17.2 Å². The second-order valence-electron chi connectivity index (χ2n) is 7.99. The Balaban J connectivity index is 2.13. The van der Waals surface area contributed by atoms with Crippen molar-refractivity contribution in [2.24, 2.45) is 5.92 Å². The number of hydrogen-bond acceptors (Lipinski definition) is 4. The monoisotopic (exact) mass is 415 g/mol. The molecule has 0 unspecified atom stereocenters. The summed E-state index contributed by atoms with van der Waals surface area (Å²) in [7, 11) is 0. The van der Waals surface area contributed by atoms with Gasteiger partial charge in [-0.05, 0) is 63.2 Å². The summed E-state index contributed by atoms with van der Waals surface area (Å²) in [6, 6.07) is 9.86. The summed E-state index contributed by atoms with van der Waals surface area (Å²) in [5.74, 6) is -1.39. The molecule has 0 fully saturated rings. The van der Waals surface area contributed by atoms with Gasteiger partial charge >= 0.3 is 6.09 Å². The molecule has 0 saturated heterocycles. The van der Waals surface area contributed by atoms with E-state index in [1.54, 1.807) is 46.8 Å². The molecule has 0 aliphatic carbocycles. The molecule has 0 aromatic heterocycles. The molecule has 0 atom stereocenters. The Morgan fingerprint density at radius 1 is 0.900 bits per heavy atom. The summed E-state index contributed by atoms with van der Waals surface area (Å²) in [4.78, 5) is 36.3. The second-order valence-corrected chi connectivity index (χ2v) is 7.99. The topological polar surface area (TPSA) is 96.5 Å². The van der Waals surface area contributed by atoms with Crippen molar-refractivity contribution in [2.75, 3.05) is 16.0 Å². The first-order chi connectivity index (χ1) is 13.9. The van der Waals surface area contributed by atoms with Crippen molar-refractivity contribution in [1.29, 1.82) is 0 Å². The lowest BCUT2D eigenvalue weighted by Crippen LogP contribution is -2.27. The number of anilines is 3. The highest BCUT2D eigenvalue weighted by atomic mass is 19.1. The zero-order chi connectivity index (χ0) is 22.5. The van der Waals surface area contributed by atoms with Crippen LogP contribution >= 0.6 is 0 Å². The molecule has 2 aromatic rings. The number of hydrogen-bond donors (Lipinski definition) is 3. The van der Waals surface area contributed by atoms with Gasteiger partial charge in [0.05, 0.1) is 11.4 Å². The van der Waals surface area contributed by atoms with Gasteiger partial charge in [-0.15, -0.1) is 0 Å². The van der Waals surface area contributed by atoms with Gasteiger partial charge in [-0.25, -0.2) is 9.18 Å². The molecule has 0 saturated carbocycles. The third-order valence-electron chi connectivity index (χ3n) is 3.80. The first-order valence-electron chi connectivity index (χ1n) is 9.46. The summed E-state index contributed by atoms with van der Waals surface area (Å²) >= 11 is 0. The average Bonchev–Trinajstić information content (AvgIpc) is 2.63. The predicted octanol–water partition coefficient (Wildman–Crippen LogP) is 5.02. The smallest absolute Gasteiger partial charge is 0.412 e. The molecule has 30 heavy (non-hydrogen) atoms. The molecule has 2 aromatic carbocycles. The van der Waals surface area contributed by atoms with Crippen molar-refractivity contribution in [2.45, 2.75) is 40.2 Å². The van der Waals surface area contributed by atoms with E-state index < -0.39 is 23.4 Å². The Morgan fingerprint density at radius 2 is 1.53 bits per heavy atom. The average molecular weight is 415 g/mol. The molecule has 0 aliphatic rings. The van der Waals surface area contributed by atoms with Crippen molar-refractivity contribution >= 4 is 35.0 Å². The molecule has 2 rings (SSSR count). The lowest BCUT2D eigenvalue weighted by molar-refractivity contribution is -0.118. The maximum absolute atomic E-state index is 13.7. The van der Waals surface area contributed by atoms with Gasteiger partial charge in [0.25, 0.3) is 5.91 Å². The Bertz CT molecular complexity index is 934. The van der Waals surface area contributed by atoms with Crippen LogP contribution < -0.4 is 16.0 Å². The van der Waals surface area contributed by atoms with E-state index in [0.717, 1.165) is 12.1 Å². The zero-order valence-corrected chi connectivity index (χ0v) is 17.6. The van der Waals surface area contributed by atoms with Crippen LogP contribution in [-0.4, -0.2) is 23.5 Å². The molecule has 7 nitrogen and oxygen atoms in total. The van der Waals surface area contributed by atoms with Gasteiger partial charge in [-0.1, -0.05) is 13.8 Å². The molecule has 8 heteroatoms. The third-order valence-corrected chi connectivity index (χ3v) is 3.80. The largest absolute Gasteiger partial charge is 0.444 e. The minimum atomic E-state index is -0.727.